The molecule has 2 saturated heterocycles. The van der Waals surface area contributed by atoms with Gasteiger partial charge < -0.3 is 20.5 Å². The molecule has 2 aliphatic heterocycles. The maximum Gasteiger partial charge on any atom is 0.223 e. The van der Waals surface area contributed by atoms with E-state index in [1.54, 1.807) is 29.3 Å². The summed E-state index contributed by atoms with van der Waals surface area (Å²) in [6.45, 7) is 9.08. The molecule has 6 heterocycles. The lowest BCUT2D eigenvalue weighted by Crippen LogP contribution is -2.65. The van der Waals surface area contributed by atoms with E-state index in [2.05, 4.69) is 42.2 Å². The Hall–Kier alpha value is -3.87. The minimum Gasteiger partial charge on any atom is -0.477 e. The van der Waals surface area contributed by atoms with Crippen LogP contribution in [0.15, 0.2) is 36.9 Å². The van der Waals surface area contributed by atoms with Crippen molar-refractivity contribution in [3.8, 4) is 28.5 Å². The number of rotatable bonds is 10. The highest BCUT2D eigenvalue weighted by molar-refractivity contribution is 6.29. The third kappa shape index (κ3) is 5.81. The number of halogens is 1. The molecule has 214 valence electrons. The fourth-order valence-corrected chi connectivity index (χ4v) is 5.53. The smallest absolute Gasteiger partial charge is 0.223 e. The van der Waals surface area contributed by atoms with Gasteiger partial charge in [-0.3, -0.25) is 14.9 Å². The zero-order valence-electron chi connectivity index (χ0n) is 23.3. The molecule has 12 nitrogen and oxygen atoms in total. The van der Waals surface area contributed by atoms with Gasteiger partial charge in [0.2, 0.25) is 5.88 Å². The summed E-state index contributed by atoms with van der Waals surface area (Å²) in [6, 6.07) is 3.51. The molecule has 0 radical (unpaired) electrons. The van der Waals surface area contributed by atoms with Crippen molar-refractivity contribution in [2.75, 3.05) is 44.0 Å². The molecular weight excluding hydrogens is 544 g/mol. The topological polar surface area (TPSA) is 142 Å². The van der Waals surface area contributed by atoms with E-state index in [4.69, 9.17) is 31.8 Å². The maximum atomic E-state index is 6.27. The zero-order chi connectivity index (χ0) is 28.6. The number of nitrogens with two attached hydrogens (primary N) is 1. The van der Waals surface area contributed by atoms with Crippen molar-refractivity contribution in [2.45, 2.75) is 32.9 Å². The number of anilines is 2. The average molecular weight is 577 g/mol. The van der Waals surface area contributed by atoms with E-state index in [1.165, 1.54) is 0 Å². The van der Waals surface area contributed by atoms with E-state index in [1.807, 2.05) is 26.2 Å². The third-order valence-corrected chi connectivity index (χ3v) is 7.64. The van der Waals surface area contributed by atoms with Gasteiger partial charge in [0.25, 0.3) is 0 Å². The molecule has 0 bridgehead atoms. The average Bonchev–Trinajstić information content (AvgIpc) is 3.18. The van der Waals surface area contributed by atoms with Crippen LogP contribution < -0.4 is 15.8 Å². The van der Waals surface area contributed by atoms with Gasteiger partial charge in [0.15, 0.2) is 5.82 Å². The zero-order valence-corrected chi connectivity index (χ0v) is 24.1. The van der Waals surface area contributed by atoms with Gasteiger partial charge in [-0.1, -0.05) is 11.6 Å². The minimum atomic E-state index is 0.0510. The second-order valence-corrected chi connectivity index (χ2v) is 11.3. The molecule has 0 amide bonds. The molecule has 2 aliphatic rings. The van der Waals surface area contributed by atoms with E-state index in [0.717, 1.165) is 66.7 Å². The van der Waals surface area contributed by atoms with E-state index in [9.17, 15) is 0 Å². The number of ether oxygens (including phenoxy) is 2. The number of hydrogen-bond acceptors (Lipinski definition) is 11. The van der Waals surface area contributed by atoms with Gasteiger partial charge in [-0.15, -0.1) is 0 Å². The third-order valence-electron chi connectivity index (χ3n) is 7.43. The largest absolute Gasteiger partial charge is 0.477 e. The molecular formula is C28H33ClN10O2. The molecule has 0 saturated carbocycles. The number of pyridine rings is 1. The van der Waals surface area contributed by atoms with Gasteiger partial charge >= 0.3 is 0 Å². The predicted molar refractivity (Wildman–Crippen MR) is 155 cm³/mol. The molecule has 0 aromatic carbocycles. The molecule has 1 atom stereocenters. The number of aryl methyl sites for hydroxylation is 2. The van der Waals surface area contributed by atoms with E-state index in [-0.39, 0.29) is 6.04 Å². The number of likely N-dealkylation sites (tertiary alicyclic amines) is 1. The first-order valence-electron chi connectivity index (χ1n) is 13.6. The number of aromatic nitrogens is 7. The molecule has 41 heavy (non-hydrogen) atoms. The first kappa shape index (κ1) is 27.3. The summed E-state index contributed by atoms with van der Waals surface area (Å²) >= 11 is 6.27. The lowest BCUT2D eigenvalue weighted by molar-refractivity contribution is -0.191. The molecule has 1 spiro atoms. The van der Waals surface area contributed by atoms with E-state index in [0.29, 0.717) is 41.1 Å². The van der Waals surface area contributed by atoms with Crippen LogP contribution in [0.5, 0.6) is 5.88 Å². The van der Waals surface area contributed by atoms with E-state index >= 15 is 0 Å². The summed E-state index contributed by atoms with van der Waals surface area (Å²) in [5.41, 5.74) is 11.1. The van der Waals surface area contributed by atoms with Gasteiger partial charge in [0.05, 0.1) is 49.3 Å². The first-order valence-corrected chi connectivity index (χ1v) is 14.0. The molecule has 0 aliphatic carbocycles. The number of hydrogen-bond donors (Lipinski definition) is 2. The van der Waals surface area contributed by atoms with Gasteiger partial charge in [0.1, 0.15) is 16.5 Å². The van der Waals surface area contributed by atoms with Gasteiger partial charge in [-0.25, -0.2) is 19.6 Å². The minimum absolute atomic E-state index is 0.0510. The Morgan fingerprint density at radius 3 is 2.71 bits per heavy atom. The Balaban J connectivity index is 1.09. The number of nitrogens with one attached hydrogen (secondary N) is 1. The number of nitrogens with zero attached hydrogens (tertiary/aromatic N) is 8. The van der Waals surface area contributed by atoms with Crippen LogP contribution >= 0.6 is 11.6 Å². The fraction of sp³-hybridized carbons (Fsp3) is 0.429. The van der Waals surface area contributed by atoms with Gasteiger partial charge in [-0.2, -0.15) is 5.10 Å². The molecule has 3 N–H and O–H groups in total. The molecule has 4 aromatic heterocycles. The maximum absolute atomic E-state index is 6.27. The molecule has 2 fully saturated rings. The SMILES string of the molecule is Cc1nn(C)c(OCC[C@H](C)Nc2cc(Cl)ncc2-c2cnc(CN3CC4(COC4)C3)cn2)c1-c1nccc(N)n1. The lowest BCUT2D eigenvalue weighted by Gasteiger charge is -2.55. The summed E-state index contributed by atoms with van der Waals surface area (Å²) in [6.07, 6.45) is 7.69. The summed E-state index contributed by atoms with van der Waals surface area (Å²) in [5, 5.41) is 8.43. The van der Waals surface area contributed by atoms with E-state index < -0.39 is 0 Å². The second kappa shape index (κ2) is 11.2. The standard InChI is InChI=1S/C28H33ClN10O2/c1-17(5-7-41-27-25(18(2)37-38(27)3)26-31-6-4-24(30)36-26)35-21-8-23(29)34-10-20(21)22-11-32-19(9-33-22)12-39-13-28(14-39)15-40-16-28/h4,6,8-11,17H,5,7,12-16H2,1-3H3,(H,34,35)(H2,30,31,36)/t17-/m0/s1. The predicted octanol–water partition coefficient (Wildman–Crippen LogP) is 3.37. The van der Waals surface area contributed by atoms with Crippen LogP contribution in [0, 0.1) is 12.3 Å². The van der Waals surface area contributed by atoms with Crippen LogP contribution in [0.25, 0.3) is 22.6 Å². The highest BCUT2D eigenvalue weighted by Crippen LogP contribution is 2.38. The van der Waals surface area contributed by atoms with Crippen LogP contribution in [0.4, 0.5) is 11.5 Å². The summed E-state index contributed by atoms with van der Waals surface area (Å²) < 4.78 is 13.2. The van der Waals surface area contributed by atoms with Crippen molar-refractivity contribution in [1.82, 2.24) is 39.6 Å². The van der Waals surface area contributed by atoms with Crippen LogP contribution in [-0.2, 0) is 18.3 Å². The Kier molecular flexibility index (Phi) is 7.45. The normalized spacial score (nSPS) is 16.7. The van der Waals surface area contributed by atoms with Crippen LogP contribution in [0.1, 0.15) is 24.7 Å². The van der Waals surface area contributed by atoms with Gasteiger partial charge in [0, 0.05) is 68.2 Å². The van der Waals surface area contributed by atoms with Crippen molar-refractivity contribution in [3.05, 3.63) is 53.5 Å². The Bertz CT molecular complexity index is 1530. The van der Waals surface area contributed by atoms with Crippen molar-refractivity contribution in [2.24, 2.45) is 12.5 Å². The highest BCUT2D eigenvalue weighted by Gasteiger charge is 2.48. The monoisotopic (exact) mass is 576 g/mol. The Morgan fingerprint density at radius 2 is 2.00 bits per heavy atom. The van der Waals surface area contributed by atoms with Crippen molar-refractivity contribution in [3.63, 3.8) is 0 Å². The molecule has 13 heteroatoms. The van der Waals surface area contributed by atoms with Gasteiger partial charge in [-0.05, 0) is 26.0 Å². The summed E-state index contributed by atoms with van der Waals surface area (Å²) in [5.74, 6) is 1.47. The summed E-state index contributed by atoms with van der Waals surface area (Å²) in [4.78, 5) is 24.7. The molecule has 0 unspecified atom stereocenters. The van der Waals surface area contributed by atoms with Crippen LogP contribution in [0.3, 0.4) is 0 Å². The van der Waals surface area contributed by atoms with Crippen molar-refractivity contribution in [1.29, 1.82) is 0 Å². The second-order valence-electron chi connectivity index (χ2n) is 11.0. The Labute approximate surface area is 243 Å². The fourth-order valence-electron chi connectivity index (χ4n) is 5.37. The Morgan fingerprint density at radius 1 is 1.17 bits per heavy atom. The van der Waals surface area contributed by atoms with Crippen molar-refractivity contribution < 1.29 is 9.47 Å². The molecule has 4 aromatic rings. The van der Waals surface area contributed by atoms with Crippen LogP contribution in [0.2, 0.25) is 5.15 Å². The number of nitrogen functional groups attached to an aromatic ring is 1. The first-order chi connectivity index (χ1) is 19.8. The summed E-state index contributed by atoms with van der Waals surface area (Å²) in [7, 11) is 1.83. The van der Waals surface area contributed by atoms with Crippen molar-refractivity contribution >= 4 is 23.1 Å². The lowest BCUT2D eigenvalue weighted by atomic mass is 9.78. The van der Waals surface area contributed by atoms with Crippen LogP contribution in [-0.4, -0.2) is 78.6 Å². The molecule has 6 rings (SSSR count). The quantitative estimate of drug-likeness (QED) is 0.268. The highest BCUT2D eigenvalue weighted by atomic mass is 35.5.